The van der Waals surface area contributed by atoms with E-state index in [0.717, 1.165) is 0 Å². The van der Waals surface area contributed by atoms with Gasteiger partial charge in [-0.1, -0.05) is 6.92 Å². The van der Waals surface area contributed by atoms with Crippen molar-refractivity contribution in [3.8, 4) is 0 Å². The Balaban J connectivity index is 3.42. The second kappa shape index (κ2) is 10.6. The van der Waals surface area contributed by atoms with Crippen LogP contribution in [-0.4, -0.2) is 70.1 Å². The van der Waals surface area contributed by atoms with Gasteiger partial charge >= 0.3 is 0 Å². The lowest BCUT2D eigenvalue weighted by atomic mass is 10.4. The summed E-state index contributed by atoms with van der Waals surface area (Å²) in [7, 11) is -2.94. The number of ether oxygens (including phenoxy) is 2. The average molecular weight is 297 g/mol. The molecule has 0 saturated carbocycles. The molecule has 0 spiro atoms. The average Bonchev–Trinajstić information content (AvgIpc) is 2.34. The van der Waals surface area contributed by atoms with Gasteiger partial charge < -0.3 is 19.9 Å². The van der Waals surface area contributed by atoms with Crippen LogP contribution in [0.1, 0.15) is 20.8 Å². The third-order valence-corrected chi connectivity index (χ3v) is 4.10. The topological polar surface area (TPSA) is 84.9 Å². The number of aliphatic hydroxyl groups is 1. The summed E-state index contributed by atoms with van der Waals surface area (Å²) in [5.41, 5.74) is 0. The molecule has 7 heteroatoms. The molecule has 116 valence electrons. The van der Waals surface area contributed by atoms with Crippen LogP contribution in [-0.2, 0) is 19.3 Å². The summed E-state index contributed by atoms with van der Waals surface area (Å²) in [4.78, 5) is 0. The van der Waals surface area contributed by atoms with Gasteiger partial charge in [-0.15, -0.1) is 0 Å². The van der Waals surface area contributed by atoms with Crippen LogP contribution in [0.25, 0.3) is 0 Å². The Kier molecular flexibility index (Phi) is 10.4. The fraction of sp³-hybridized carbons (Fsp3) is 1.00. The van der Waals surface area contributed by atoms with Gasteiger partial charge in [0.15, 0.2) is 9.84 Å². The van der Waals surface area contributed by atoms with Gasteiger partial charge in [0, 0.05) is 18.8 Å². The predicted molar refractivity (Wildman–Crippen MR) is 75.1 cm³/mol. The maximum Gasteiger partial charge on any atom is 0.151 e. The minimum absolute atomic E-state index is 0.0965. The number of sulfone groups is 1. The maximum absolute atomic E-state index is 11.2. The first kappa shape index (κ1) is 18.8. The van der Waals surface area contributed by atoms with Gasteiger partial charge in [-0.2, -0.15) is 0 Å². The summed E-state index contributed by atoms with van der Waals surface area (Å²) in [5.74, 6) is 0.246. The first-order chi connectivity index (χ1) is 8.87. The molecule has 0 heterocycles. The summed E-state index contributed by atoms with van der Waals surface area (Å²) in [6.45, 7) is 7.36. The highest BCUT2D eigenvalue weighted by Gasteiger charge is 2.08. The monoisotopic (exact) mass is 297 g/mol. The van der Waals surface area contributed by atoms with Crippen LogP contribution in [0, 0.1) is 0 Å². The quantitative estimate of drug-likeness (QED) is 0.486. The summed E-state index contributed by atoms with van der Waals surface area (Å²) < 4.78 is 32.9. The van der Waals surface area contributed by atoms with E-state index in [2.05, 4.69) is 5.32 Å². The standard InChI is InChI=1S/C12H27NO5S/c1-4-19(15,16)8-5-13-9-12(14)10-17-6-7-18-11(2)3/h11-14H,4-10H2,1-3H3. The van der Waals surface area contributed by atoms with Gasteiger partial charge in [0.05, 0.1) is 37.8 Å². The van der Waals surface area contributed by atoms with E-state index in [4.69, 9.17) is 9.47 Å². The fourth-order valence-electron chi connectivity index (χ4n) is 1.26. The SMILES string of the molecule is CCS(=O)(=O)CCNCC(O)COCCOC(C)C. The molecule has 0 radical (unpaired) electrons. The third kappa shape index (κ3) is 12.6. The zero-order chi connectivity index (χ0) is 14.7. The van der Waals surface area contributed by atoms with Gasteiger partial charge in [0.1, 0.15) is 0 Å². The molecule has 0 aromatic heterocycles. The molecule has 6 nitrogen and oxygen atoms in total. The van der Waals surface area contributed by atoms with Crippen molar-refractivity contribution in [1.82, 2.24) is 5.32 Å². The molecule has 1 atom stereocenters. The molecule has 0 saturated heterocycles. The summed E-state index contributed by atoms with van der Waals surface area (Å²) in [6.07, 6.45) is -0.459. The Morgan fingerprint density at radius 1 is 1.26 bits per heavy atom. The molecule has 0 aliphatic rings. The number of hydrogen-bond acceptors (Lipinski definition) is 6. The van der Waals surface area contributed by atoms with Crippen LogP contribution in [0.5, 0.6) is 0 Å². The van der Waals surface area contributed by atoms with Crippen LogP contribution < -0.4 is 5.32 Å². The third-order valence-electron chi connectivity index (χ3n) is 2.40. The van der Waals surface area contributed by atoms with E-state index in [1.54, 1.807) is 6.92 Å². The van der Waals surface area contributed by atoms with Crippen LogP contribution in [0.2, 0.25) is 0 Å². The van der Waals surface area contributed by atoms with Crippen molar-refractivity contribution in [1.29, 1.82) is 0 Å². The van der Waals surface area contributed by atoms with Crippen LogP contribution in [0.4, 0.5) is 0 Å². The van der Waals surface area contributed by atoms with Crippen molar-refractivity contribution in [2.45, 2.75) is 33.0 Å². The maximum atomic E-state index is 11.2. The Morgan fingerprint density at radius 2 is 1.95 bits per heavy atom. The molecule has 0 aliphatic heterocycles. The lowest BCUT2D eigenvalue weighted by molar-refractivity contribution is -0.00983. The van der Waals surface area contributed by atoms with Gasteiger partial charge in [0.25, 0.3) is 0 Å². The number of hydrogen-bond donors (Lipinski definition) is 2. The molecule has 0 aliphatic carbocycles. The largest absolute Gasteiger partial charge is 0.389 e. The Bertz CT molecular complexity index is 305. The Labute approximate surface area is 116 Å². The highest BCUT2D eigenvalue weighted by Crippen LogP contribution is 1.90. The zero-order valence-corrected chi connectivity index (χ0v) is 12.9. The van der Waals surface area contributed by atoms with E-state index in [-0.39, 0.29) is 24.2 Å². The van der Waals surface area contributed by atoms with Crippen LogP contribution in [0.15, 0.2) is 0 Å². The molecule has 0 bridgehead atoms. The molecule has 1 unspecified atom stereocenters. The molecule has 0 amide bonds. The smallest absolute Gasteiger partial charge is 0.151 e. The molecular weight excluding hydrogens is 270 g/mol. The summed E-state index contributed by atoms with van der Waals surface area (Å²) in [5, 5.41) is 12.5. The minimum atomic E-state index is -2.94. The van der Waals surface area contributed by atoms with Gasteiger partial charge in [-0.3, -0.25) is 0 Å². The van der Waals surface area contributed by atoms with E-state index in [1.165, 1.54) is 0 Å². The normalized spacial score (nSPS) is 13.9. The van der Waals surface area contributed by atoms with Gasteiger partial charge in [-0.25, -0.2) is 8.42 Å². The van der Waals surface area contributed by atoms with E-state index in [9.17, 15) is 13.5 Å². The molecule has 0 aromatic carbocycles. The summed E-state index contributed by atoms with van der Waals surface area (Å²) in [6, 6.07) is 0. The Morgan fingerprint density at radius 3 is 2.53 bits per heavy atom. The van der Waals surface area contributed by atoms with Crippen molar-refractivity contribution >= 4 is 9.84 Å². The number of aliphatic hydroxyl groups excluding tert-OH is 1. The Hall–Kier alpha value is -0.210. The van der Waals surface area contributed by atoms with Crippen molar-refractivity contribution in [2.24, 2.45) is 0 Å². The fourth-order valence-corrected chi connectivity index (χ4v) is 2.01. The van der Waals surface area contributed by atoms with E-state index in [0.29, 0.717) is 26.3 Å². The zero-order valence-electron chi connectivity index (χ0n) is 12.1. The van der Waals surface area contributed by atoms with E-state index >= 15 is 0 Å². The van der Waals surface area contributed by atoms with E-state index in [1.807, 2.05) is 13.8 Å². The summed E-state index contributed by atoms with van der Waals surface area (Å²) >= 11 is 0. The highest BCUT2D eigenvalue weighted by atomic mass is 32.2. The van der Waals surface area contributed by atoms with E-state index < -0.39 is 15.9 Å². The highest BCUT2D eigenvalue weighted by molar-refractivity contribution is 7.91. The first-order valence-electron chi connectivity index (χ1n) is 6.66. The molecule has 19 heavy (non-hydrogen) atoms. The number of rotatable bonds is 12. The predicted octanol–water partition coefficient (Wildman–Crippen LogP) is -0.187. The lowest BCUT2D eigenvalue weighted by Gasteiger charge is -2.13. The molecule has 0 fully saturated rings. The van der Waals surface area contributed by atoms with Crippen molar-refractivity contribution in [2.75, 3.05) is 44.4 Å². The van der Waals surface area contributed by atoms with Crippen molar-refractivity contribution in [3.63, 3.8) is 0 Å². The lowest BCUT2D eigenvalue weighted by Crippen LogP contribution is -2.33. The molecule has 0 aromatic rings. The van der Waals surface area contributed by atoms with Gasteiger partial charge in [-0.05, 0) is 13.8 Å². The molecule has 0 rings (SSSR count). The number of nitrogens with one attached hydrogen (secondary N) is 1. The van der Waals surface area contributed by atoms with Crippen LogP contribution >= 0.6 is 0 Å². The second-order valence-electron chi connectivity index (χ2n) is 4.59. The van der Waals surface area contributed by atoms with Gasteiger partial charge in [0.2, 0.25) is 0 Å². The minimum Gasteiger partial charge on any atom is -0.389 e. The van der Waals surface area contributed by atoms with Crippen LogP contribution in [0.3, 0.4) is 0 Å². The van der Waals surface area contributed by atoms with Crippen molar-refractivity contribution in [3.05, 3.63) is 0 Å². The second-order valence-corrected chi connectivity index (χ2v) is 7.06. The first-order valence-corrected chi connectivity index (χ1v) is 8.48. The molecular formula is C12H27NO5S. The van der Waals surface area contributed by atoms with Crippen molar-refractivity contribution < 1.29 is 23.0 Å². The molecule has 2 N–H and O–H groups in total.